The molecule has 27 heavy (non-hydrogen) atoms. The van der Waals surface area contributed by atoms with Gasteiger partial charge >= 0.3 is 0 Å². The first-order chi connectivity index (χ1) is 13.1. The number of nitrogens with two attached hydrogens (primary N) is 1. The molecule has 3 nitrogen and oxygen atoms in total. The summed E-state index contributed by atoms with van der Waals surface area (Å²) in [7, 11) is 1.89. The van der Waals surface area contributed by atoms with E-state index in [1.54, 1.807) is 11.3 Å². The number of quaternary nitrogens is 1. The van der Waals surface area contributed by atoms with Crippen molar-refractivity contribution in [2.24, 2.45) is 0 Å². The van der Waals surface area contributed by atoms with E-state index in [2.05, 4.69) is 73.1 Å². The topological polar surface area (TPSA) is 36.9 Å². The van der Waals surface area contributed by atoms with Crippen LogP contribution < -0.4 is 5.32 Å². The molecule has 1 amide bonds. The lowest BCUT2D eigenvalue weighted by molar-refractivity contribution is -0.676. The van der Waals surface area contributed by atoms with Gasteiger partial charge in [-0.1, -0.05) is 66.2 Å². The van der Waals surface area contributed by atoms with Crippen molar-refractivity contribution in [1.82, 2.24) is 4.90 Å². The van der Waals surface area contributed by atoms with Crippen molar-refractivity contribution in [3.63, 3.8) is 0 Å². The molecule has 0 bridgehead atoms. The number of rotatable bonds is 7. The number of benzene rings is 2. The van der Waals surface area contributed by atoms with E-state index < -0.39 is 0 Å². The Kier molecular flexibility index (Phi) is 6.43. The zero-order valence-electron chi connectivity index (χ0n) is 16.1. The van der Waals surface area contributed by atoms with Crippen LogP contribution in [-0.2, 0) is 4.79 Å². The average Bonchev–Trinajstić information content (AvgIpc) is 3.23. The Morgan fingerprint density at radius 1 is 1.00 bits per heavy atom. The predicted molar refractivity (Wildman–Crippen MR) is 112 cm³/mol. The van der Waals surface area contributed by atoms with Gasteiger partial charge in [0.05, 0.1) is 10.9 Å². The predicted octanol–water partition coefficient (Wildman–Crippen LogP) is 3.93. The van der Waals surface area contributed by atoms with Crippen molar-refractivity contribution in [3.05, 3.63) is 93.7 Å². The van der Waals surface area contributed by atoms with Gasteiger partial charge in [-0.25, -0.2) is 0 Å². The second kappa shape index (κ2) is 8.98. The fourth-order valence-corrected chi connectivity index (χ4v) is 4.04. The molecule has 0 radical (unpaired) electrons. The van der Waals surface area contributed by atoms with Crippen LogP contribution in [0, 0.1) is 6.92 Å². The maximum Gasteiger partial charge on any atom is 0.277 e. The fraction of sp³-hybridized carbons (Fsp3) is 0.261. The van der Waals surface area contributed by atoms with Gasteiger partial charge in [0.2, 0.25) is 0 Å². The Labute approximate surface area is 165 Å². The second-order valence-electron chi connectivity index (χ2n) is 6.93. The fourth-order valence-electron chi connectivity index (χ4n) is 3.19. The van der Waals surface area contributed by atoms with Gasteiger partial charge in [-0.05, 0) is 30.9 Å². The molecule has 0 fully saturated rings. The van der Waals surface area contributed by atoms with Crippen molar-refractivity contribution in [2.75, 3.05) is 13.6 Å². The summed E-state index contributed by atoms with van der Waals surface area (Å²) in [5.41, 5.74) is 3.63. The highest BCUT2D eigenvalue weighted by atomic mass is 32.1. The second-order valence-corrected chi connectivity index (χ2v) is 7.91. The van der Waals surface area contributed by atoms with Crippen LogP contribution in [0.25, 0.3) is 0 Å². The van der Waals surface area contributed by atoms with Gasteiger partial charge in [-0.3, -0.25) is 4.79 Å². The van der Waals surface area contributed by atoms with Crippen LogP contribution in [0.1, 0.15) is 40.6 Å². The number of likely N-dealkylation sites (N-methyl/N-ethyl adjacent to an activating group) is 1. The van der Waals surface area contributed by atoms with Gasteiger partial charge in [0.1, 0.15) is 6.04 Å². The maximum absolute atomic E-state index is 12.8. The minimum Gasteiger partial charge on any atom is -0.334 e. The number of carbonyl (C=O) groups is 1. The Morgan fingerprint density at radius 2 is 1.70 bits per heavy atom. The maximum atomic E-state index is 12.8. The van der Waals surface area contributed by atoms with Crippen LogP contribution in [0.15, 0.2) is 72.1 Å². The Hall–Kier alpha value is -2.43. The highest BCUT2D eigenvalue weighted by Gasteiger charge is 2.23. The first-order valence-corrected chi connectivity index (χ1v) is 10.2. The Bertz CT molecular complexity index is 844. The van der Waals surface area contributed by atoms with E-state index in [0.29, 0.717) is 6.54 Å². The number of aryl methyl sites for hydroxylation is 1. The number of thiophene rings is 1. The van der Waals surface area contributed by atoms with E-state index >= 15 is 0 Å². The van der Waals surface area contributed by atoms with E-state index in [9.17, 15) is 4.79 Å². The minimum absolute atomic E-state index is 0.0617. The van der Waals surface area contributed by atoms with E-state index in [4.69, 9.17) is 0 Å². The third-order valence-electron chi connectivity index (χ3n) is 5.07. The summed E-state index contributed by atoms with van der Waals surface area (Å²) in [4.78, 5) is 15.9. The monoisotopic (exact) mass is 379 g/mol. The highest BCUT2D eigenvalue weighted by molar-refractivity contribution is 7.10. The molecular formula is C23H27N2OS+. The zero-order valence-corrected chi connectivity index (χ0v) is 16.9. The molecule has 1 heterocycles. The standard InChI is InChI=1S/C23H26N2OS/c1-17-11-13-20(14-12-17)23(21-10-7-15-27-21)24-16-22(26)25(3)18(2)19-8-5-4-6-9-19/h4-15,18,23-24H,16H2,1-3H3/p+1/t18-,23-/m1/s1. The summed E-state index contributed by atoms with van der Waals surface area (Å²) in [6.07, 6.45) is 0. The molecule has 0 aliphatic rings. The van der Waals surface area contributed by atoms with Crippen molar-refractivity contribution < 1.29 is 10.1 Å². The molecule has 0 aliphatic carbocycles. The summed E-state index contributed by atoms with van der Waals surface area (Å²) in [6, 6.07) is 23.2. The molecule has 2 aromatic carbocycles. The number of amides is 1. The van der Waals surface area contributed by atoms with Crippen molar-refractivity contribution in [2.45, 2.75) is 25.9 Å². The van der Waals surface area contributed by atoms with Crippen LogP contribution >= 0.6 is 11.3 Å². The van der Waals surface area contributed by atoms with Crippen LogP contribution in [0.4, 0.5) is 0 Å². The summed E-state index contributed by atoms with van der Waals surface area (Å²) in [6.45, 7) is 4.59. The number of carbonyl (C=O) groups excluding carboxylic acids is 1. The third kappa shape index (κ3) is 4.85. The minimum atomic E-state index is 0.0617. The molecule has 4 heteroatoms. The summed E-state index contributed by atoms with van der Waals surface area (Å²) in [5.74, 6) is 0.139. The molecule has 0 unspecified atom stereocenters. The smallest absolute Gasteiger partial charge is 0.277 e. The number of nitrogens with zero attached hydrogens (tertiary/aromatic N) is 1. The average molecular weight is 380 g/mol. The summed E-state index contributed by atoms with van der Waals surface area (Å²) in [5, 5.41) is 4.24. The van der Waals surface area contributed by atoms with Crippen LogP contribution in [0.3, 0.4) is 0 Å². The molecule has 0 aliphatic heterocycles. The molecule has 3 rings (SSSR count). The molecule has 0 spiro atoms. The molecule has 140 valence electrons. The largest absolute Gasteiger partial charge is 0.334 e. The zero-order chi connectivity index (χ0) is 19.2. The van der Waals surface area contributed by atoms with Crippen molar-refractivity contribution >= 4 is 17.2 Å². The molecule has 0 saturated heterocycles. The van der Waals surface area contributed by atoms with Gasteiger partial charge in [0.15, 0.2) is 6.54 Å². The van der Waals surface area contributed by atoms with E-state index in [-0.39, 0.29) is 18.0 Å². The van der Waals surface area contributed by atoms with E-state index in [1.165, 1.54) is 16.0 Å². The van der Waals surface area contributed by atoms with Gasteiger partial charge in [0.25, 0.3) is 5.91 Å². The SMILES string of the molecule is Cc1ccc([C@@H]([NH2+]CC(=O)N(C)[C@H](C)c2ccccc2)c2cccs2)cc1. The van der Waals surface area contributed by atoms with Gasteiger partial charge in [0, 0.05) is 12.6 Å². The van der Waals surface area contributed by atoms with Crippen LogP contribution in [0.5, 0.6) is 0 Å². The Morgan fingerprint density at radius 3 is 2.33 bits per heavy atom. The molecule has 0 saturated carbocycles. The van der Waals surface area contributed by atoms with E-state index in [0.717, 1.165) is 5.56 Å². The summed E-state index contributed by atoms with van der Waals surface area (Å²) < 4.78 is 0. The lowest BCUT2D eigenvalue weighted by atomic mass is 10.0. The first kappa shape index (κ1) is 19.3. The van der Waals surface area contributed by atoms with Crippen molar-refractivity contribution in [3.8, 4) is 0 Å². The normalized spacial score (nSPS) is 13.1. The van der Waals surface area contributed by atoms with Gasteiger partial charge in [-0.15, -0.1) is 11.3 Å². The lowest BCUT2D eigenvalue weighted by Gasteiger charge is -2.25. The molecule has 1 aromatic heterocycles. The van der Waals surface area contributed by atoms with Crippen LogP contribution in [0.2, 0.25) is 0 Å². The summed E-state index contributed by atoms with van der Waals surface area (Å²) >= 11 is 1.74. The van der Waals surface area contributed by atoms with Gasteiger partial charge in [-0.2, -0.15) is 0 Å². The molecular weight excluding hydrogens is 352 g/mol. The van der Waals surface area contributed by atoms with Crippen LogP contribution in [-0.4, -0.2) is 24.4 Å². The highest BCUT2D eigenvalue weighted by Crippen LogP contribution is 2.23. The molecule has 2 atom stereocenters. The number of hydrogen-bond donors (Lipinski definition) is 1. The van der Waals surface area contributed by atoms with E-state index in [1.807, 2.05) is 30.1 Å². The lowest BCUT2D eigenvalue weighted by Crippen LogP contribution is -2.87. The number of hydrogen-bond acceptors (Lipinski definition) is 2. The third-order valence-corrected chi connectivity index (χ3v) is 6.03. The quantitative estimate of drug-likeness (QED) is 0.663. The first-order valence-electron chi connectivity index (χ1n) is 9.30. The van der Waals surface area contributed by atoms with Gasteiger partial charge < -0.3 is 10.2 Å². The van der Waals surface area contributed by atoms with Crippen molar-refractivity contribution in [1.29, 1.82) is 0 Å². The molecule has 2 N–H and O–H groups in total. The molecule has 3 aromatic rings. The Balaban J connectivity index is 1.69.